The third-order valence-corrected chi connectivity index (χ3v) is 2.49. The number of rotatable bonds is 3. The molecule has 1 unspecified atom stereocenters. The molecule has 2 nitrogen and oxygen atoms in total. The maximum atomic E-state index is 10.8. The zero-order valence-corrected chi connectivity index (χ0v) is 9.87. The number of ether oxygens (including phenoxy) is 1. The Morgan fingerprint density at radius 1 is 1.43 bits per heavy atom. The lowest BCUT2D eigenvalue weighted by atomic mass is 10.1. The molecule has 0 aliphatic heterocycles. The van der Waals surface area contributed by atoms with Crippen molar-refractivity contribution < 1.29 is 9.53 Å². The number of carbonyl (C=O) groups excluding carboxylic acids is 1. The second kappa shape index (κ2) is 5.15. The van der Waals surface area contributed by atoms with E-state index in [1.54, 1.807) is 0 Å². The van der Waals surface area contributed by atoms with E-state index in [0.29, 0.717) is 5.33 Å². The second-order valence-electron chi connectivity index (χ2n) is 3.16. The van der Waals surface area contributed by atoms with E-state index in [9.17, 15) is 4.79 Å². The molecule has 0 saturated carbocycles. The van der Waals surface area contributed by atoms with Gasteiger partial charge in [0.2, 0.25) is 0 Å². The molecular weight excluding hydrogens is 244 g/mol. The van der Waals surface area contributed by atoms with E-state index < -0.39 is 0 Å². The number of benzene rings is 1. The highest BCUT2D eigenvalue weighted by molar-refractivity contribution is 9.09. The van der Waals surface area contributed by atoms with Gasteiger partial charge in [0.05, 0.1) is 0 Å². The summed E-state index contributed by atoms with van der Waals surface area (Å²) >= 11 is 3.32. The van der Waals surface area contributed by atoms with Gasteiger partial charge in [-0.1, -0.05) is 45.8 Å². The van der Waals surface area contributed by atoms with Crippen molar-refractivity contribution in [3.63, 3.8) is 0 Å². The largest absolute Gasteiger partial charge is 0.457 e. The molecule has 0 aliphatic carbocycles. The summed E-state index contributed by atoms with van der Waals surface area (Å²) in [7, 11) is 0. The fraction of sp³-hybridized carbons (Fsp3) is 0.364. The van der Waals surface area contributed by atoms with Gasteiger partial charge < -0.3 is 4.74 Å². The van der Waals surface area contributed by atoms with E-state index in [1.807, 2.05) is 31.2 Å². The molecule has 0 bridgehead atoms. The Balaban J connectivity index is 2.78. The van der Waals surface area contributed by atoms with Gasteiger partial charge in [0, 0.05) is 12.3 Å². The molecule has 0 aromatic heterocycles. The summed E-state index contributed by atoms with van der Waals surface area (Å²) in [6, 6.07) is 7.97. The van der Waals surface area contributed by atoms with Crippen LogP contribution in [-0.2, 0) is 9.53 Å². The Hall–Kier alpha value is -0.830. The Morgan fingerprint density at radius 2 is 2.00 bits per heavy atom. The van der Waals surface area contributed by atoms with Crippen LogP contribution in [0.4, 0.5) is 0 Å². The molecular formula is C11H13BrO2. The minimum Gasteiger partial charge on any atom is -0.457 e. The molecule has 76 valence electrons. The number of hydrogen-bond acceptors (Lipinski definition) is 2. The quantitative estimate of drug-likeness (QED) is 0.614. The van der Waals surface area contributed by atoms with Gasteiger partial charge in [0.15, 0.2) is 0 Å². The standard InChI is InChI=1S/C11H13BrO2/c1-8-3-5-10(6-4-8)11(7-12)14-9(2)13/h3-6,11H,7H2,1-2H3. The molecule has 1 rings (SSSR count). The molecule has 0 aliphatic rings. The molecule has 1 atom stereocenters. The van der Waals surface area contributed by atoms with Crippen molar-refractivity contribution in [2.75, 3.05) is 5.33 Å². The average Bonchev–Trinajstić information content (AvgIpc) is 2.15. The predicted molar refractivity (Wildman–Crippen MR) is 59.5 cm³/mol. The number of alkyl halides is 1. The normalized spacial score (nSPS) is 12.2. The lowest BCUT2D eigenvalue weighted by Gasteiger charge is -2.14. The average molecular weight is 257 g/mol. The van der Waals surface area contributed by atoms with E-state index >= 15 is 0 Å². The van der Waals surface area contributed by atoms with Crippen LogP contribution in [0.2, 0.25) is 0 Å². The Kier molecular flexibility index (Phi) is 4.14. The third kappa shape index (κ3) is 3.14. The molecule has 14 heavy (non-hydrogen) atoms. The van der Waals surface area contributed by atoms with Gasteiger partial charge in [-0.2, -0.15) is 0 Å². The molecule has 1 aromatic rings. The zero-order valence-electron chi connectivity index (χ0n) is 8.29. The minimum atomic E-state index is -0.255. The van der Waals surface area contributed by atoms with E-state index in [0.717, 1.165) is 5.56 Å². The SMILES string of the molecule is CC(=O)OC(CBr)c1ccc(C)cc1. The third-order valence-electron chi connectivity index (χ3n) is 1.90. The monoisotopic (exact) mass is 256 g/mol. The molecule has 0 N–H and O–H groups in total. The predicted octanol–water partition coefficient (Wildman–Crippen LogP) is 2.99. The number of carbonyl (C=O) groups is 1. The summed E-state index contributed by atoms with van der Waals surface area (Å²) in [5.74, 6) is -0.255. The summed E-state index contributed by atoms with van der Waals surface area (Å²) < 4.78 is 5.14. The number of hydrogen-bond donors (Lipinski definition) is 0. The summed E-state index contributed by atoms with van der Waals surface area (Å²) in [6.07, 6.45) is -0.187. The van der Waals surface area contributed by atoms with Crippen LogP contribution in [-0.4, -0.2) is 11.3 Å². The highest BCUT2D eigenvalue weighted by atomic mass is 79.9. The fourth-order valence-corrected chi connectivity index (χ4v) is 1.68. The van der Waals surface area contributed by atoms with Crippen LogP contribution in [0.25, 0.3) is 0 Å². The van der Waals surface area contributed by atoms with Crippen molar-refractivity contribution in [1.29, 1.82) is 0 Å². The number of halogens is 1. The van der Waals surface area contributed by atoms with Crippen molar-refractivity contribution in [2.45, 2.75) is 20.0 Å². The lowest BCUT2D eigenvalue weighted by molar-refractivity contribution is -0.145. The Bertz CT molecular complexity index is 306. The second-order valence-corrected chi connectivity index (χ2v) is 3.81. The van der Waals surface area contributed by atoms with Gasteiger partial charge in [-0.15, -0.1) is 0 Å². The molecule has 0 heterocycles. The maximum Gasteiger partial charge on any atom is 0.303 e. The number of esters is 1. The first kappa shape index (κ1) is 11.2. The first-order valence-corrected chi connectivity index (χ1v) is 5.55. The molecule has 0 fully saturated rings. The van der Waals surface area contributed by atoms with Crippen LogP contribution in [0.5, 0.6) is 0 Å². The van der Waals surface area contributed by atoms with Gasteiger partial charge in [0.25, 0.3) is 0 Å². The maximum absolute atomic E-state index is 10.8. The molecule has 0 saturated heterocycles. The summed E-state index contributed by atoms with van der Waals surface area (Å²) in [4.78, 5) is 10.8. The van der Waals surface area contributed by atoms with Crippen LogP contribution < -0.4 is 0 Å². The van der Waals surface area contributed by atoms with Gasteiger partial charge in [-0.3, -0.25) is 4.79 Å². The van der Waals surface area contributed by atoms with Crippen molar-refractivity contribution in [3.8, 4) is 0 Å². The first-order valence-electron chi connectivity index (χ1n) is 4.43. The van der Waals surface area contributed by atoms with Crippen LogP contribution in [0.3, 0.4) is 0 Å². The van der Waals surface area contributed by atoms with Gasteiger partial charge in [0.1, 0.15) is 6.10 Å². The van der Waals surface area contributed by atoms with Crippen molar-refractivity contribution in [1.82, 2.24) is 0 Å². The van der Waals surface area contributed by atoms with Gasteiger partial charge in [-0.25, -0.2) is 0 Å². The van der Waals surface area contributed by atoms with Crippen LogP contribution in [0.1, 0.15) is 24.2 Å². The van der Waals surface area contributed by atoms with E-state index in [-0.39, 0.29) is 12.1 Å². The Labute approximate surface area is 92.4 Å². The summed E-state index contributed by atoms with van der Waals surface area (Å²) in [5.41, 5.74) is 2.22. The highest BCUT2D eigenvalue weighted by Crippen LogP contribution is 2.20. The van der Waals surface area contributed by atoms with Gasteiger partial charge in [-0.05, 0) is 12.5 Å². The van der Waals surface area contributed by atoms with Gasteiger partial charge >= 0.3 is 5.97 Å². The molecule has 0 spiro atoms. The van der Waals surface area contributed by atoms with E-state index in [1.165, 1.54) is 12.5 Å². The smallest absolute Gasteiger partial charge is 0.303 e. The van der Waals surface area contributed by atoms with Crippen molar-refractivity contribution in [3.05, 3.63) is 35.4 Å². The zero-order chi connectivity index (χ0) is 10.6. The first-order chi connectivity index (χ1) is 6.63. The van der Waals surface area contributed by atoms with Crippen LogP contribution in [0.15, 0.2) is 24.3 Å². The van der Waals surface area contributed by atoms with Crippen LogP contribution in [0, 0.1) is 6.92 Å². The number of aryl methyl sites for hydroxylation is 1. The molecule has 0 amide bonds. The summed E-state index contributed by atoms with van der Waals surface area (Å²) in [6.45, 7) is 3.45. The topological polar surface area (TPSA) is 26.3 Å². The van der Waals surface area contributed by atoms with Crippen LogP contribution >= 0.6 is 15.9 Å². The van der Waals surface area contributed by atoms with E-state index in [4.69, 9.17) is 4.74 Å². The summed E-state index contributed by atoms with van der Waals surface area (Å²) in [5, 5.41) is 0.621. The highest BCUT2D eigenvalue weighted by Gasteiger charge is 2.12. The van der Waals surface area contributed by atoms with Crippen molar-refractivity contribution in [2.24, 2.45) is 0 Å². The molecule has 1 aromatic carbocycles. The molecule has 3 heteroatoms. The lowest BCUT2D eigenvalue weighted by Crippen LogP contribution is -2.09. The minimum absolute atomic E-state index is 0.187. The van der Waals surface area contributed by atoms with Crippen molar-refractivity contribution >= 4 is 21.9 Å². The fourth-order valence-electron chi connectivity index (χ4n) is 1.17. The Morgan fingerprint density at radius 3 is 2.43 bits per heavy atom. The molecule has 0 radical (unpaired) electrons. The van der Waals surface area contributed by atoms with E-state index in [2.05, 4.69) is 15.9 Å².